The molecule has 20 heavy (non-hydrogen) atoms. The fraction of sp³-hybridized carbons (Fsp3) is 0.583. The summed E-state index contributed by atoms with van der Waals surface area (Å²) in [5.74, 6) is -0.368. The number of aromatic hydroxyl groups is 1. The van der Waals surface area contributed by atoms with Crippen LogP contribution in [-0.4, -0.2) is 51.3 Å². The second kappa shape index (κ2) is 5.49. The molecule has 0 unspecified atom stereocenters. The summed E-state index contributed by atoms with van der Waals surface area (Å²) in [6.45, 7) is 4.05. The molecule has 8 nitrogen and oxygen atoms in total. The normalized spacial score (nSPS) is 16.6. The van der Waals surface area contributed by atoms with Gasteiger partial charge in [-0.25, -0.2) is 4.79 Å². The van der Waals surface area contributed by atoms with Crippen LogP contribution >= 0.6 is 0 Å². The molecule has 0 saturated carbocycles. The van der Waals surface area contributed by atoms with Gasteiger partial charge in [-0.1, -0.05) is 0 Å². The molecule has 0 radical (unpaired) electrons. The summed E-state index contributed by atoms with van der Waals surface area (Å²) in [5.41, 5.74) is -0.711. The Bertz CT molecular complexity index is 653. The van der Waals surface area contributed by atoms with Gasteiger partial charge >= 0.3 is 5.69 Å². The Hall–Kier alpha value is -2.09. The fourth-order valence-corrected chi connectivity index (χ4v) is 2.07. The van der Waals surface area contributed by atoms with E-state index in [1.807, 2.05) is 0 Å². The van der Waals surface area contributed by atoms with E-state index in [-0.39, 0.29) is 11.4 Å². The monoisotopic (exact) mass is 282 g/mol. The molecule has 1 aromatic heterocycles. The minimum Gasteiger partial charge on any atom is -0.494 e. The predicted octanol–water partition coefficient (Wildman–Crippen LogP) is -1.15. The van der Waals surface area contributed by atoms with E-state index in [1.165, 1.54) is 14.1 Å². The maximum Gasteiger partial charge on any atom is 0.333 e. The number of ether oxygens (including phenoxy) is 1. The summed E-state index contributed by atoms with van der Waals surface area (Å²) >= 11 is 0. The van der Waals surface area contributed by atoms with Crippen molar-refractivity contribution < 1.29 is 9.84 Å². The summed E-state index contributed by atoms with van der Waals surface area (Å²) in [4.78, 5) is 23.8. The molecule has 1 aliphatic rings. The molecular formula is C12H18N4O4. The van der Waals surface area contributed by atoms with E-state index in [0.29, 0.717) is 32.0 Å². The fourth-order valence-electron chi connectivity index (χ4n) is 2.07. The van der Waals surface area contributed by atoms with Gasteiger partial charge in [0.25, 0.3) is 5.56 Å². The Morgan fingerprint density at radius 1 is 1.20 bits per heavy atom. The van der Waals surface area contributed by atoms with Crippen LogP contribution < -0.4 is 11.2 Å². The zero-order chi connectivity index (χ0) is 14.9. The molecule has 0 spiro atoms. The van der Waals surface area contributed by atoms with E-state index >= 15 is 0 Å². The Balaban J connectivity index is 2.49. The van der Waals surface area contributed by atoms with Crippen molar-refractivity contribution in [1.29, 1.82) is 0 Å². The molecular weight excluding hydrogens is 264 g/mol. The predicted molar refractivity (Wildman–Crippen MR) is 73.2 cm³/mol. The molecule has 0 atom stereocenters. The third-order valence-electron chi connectivity index (χ3n) is 3.27. The molecule has 2 rings (SSSR count). The largest absolute Gasteiger partial charge is 0.494 e. The molecule has 0 bridgehead atoms. The first-order valence-electron chi connectivity index (χ1n) is 6.30. The van der Waals surface area contributed by atoms with Crippen LogP contribution in [0.1, 0.15) is 12.5 Å². The lowest BCUT2D eigenvalue weighted by molar-refractivity contribution is 0.0393. The lowest BCUT2D eigenvalue weighted by atomic mass is 10.2. The standard InChI is InChI=1S/C12H18N4O4/c1-8(13-16-4-6-20-7-5-16)9-10(17)14(2)12(19)15(3)11(9)18/h17H,4-7H2,1-3H3. The van der Waals surface area contributed by atoms with Crippen LogP contribution in [0.5, 0.6) is 5.88 Å². The van der Waals surface area contributed by atoms with Crippen LogP contribution in [0.15, 0.2) is 14.7 Å². The number of hydrogen-bond acceptors (Lipinski definition) is 6. The zero-order valence-corrected chi connectivity index (χ0v) is 11.8. The highest BCUT2D eigenvalue weighted by Crippen LogP contribution is 2.11. The van der Waals surface area contributed by atoms with Gasteiger partial charge in [-0.15, -0.1) is 0 Å². The van der Waals surface area contributed by atoms with E-state index in [0.717, 1.165) is 9.13 Å². The second-order valence-corrected chi connectivity index (χ2v) is 4.66. The quantitative estimate of drug-likeness (QED) is 0.692. The lowest BCUT2D eigenvalue weighted by Gasteiger charge is -2.24. The molecule has 1 aromatic rings. The summed E-state index contributed by atoms with van der Waals surface area (Å²) in [7, 11) is 2.78. The Morgan fingerprint density at radius 3 is 2.40 bits per heavy atom. The van der Waals surface area contributed by atoms with Crippen molar-refractivity contribution in [2.45, 2.75) is 6.92 Å². The van der Waals surface area contributed by atoms with E-state index in [2.05, 4.69) is 5.10 Å². The molecule has 0 amide bonds. The van der Waals surface area contributed by atoms with Crippen LogP contribution in [-0.2, 0) is 18.8 Å². The number of morpholine rings is 1. The van der Waals surface area contributed by atoms with Gasteiger partial charge < -0.3 is 9.84 Å². The zero-order valence-electron chi connectivity index (χ0n) is 11.8. The van der Waals surface area contributed by atoms with E-state index in [9.17, 15) is 14.7 Å². The smallest absolute Gasteiger partial charge is 0.333 e. The van der Waals surface area contributed by atoms with Gasteiger partial charge in [0.05, 0.1) is 32.0 Å². The first kappa shape index (κ1) is 14.3. The summed E-state index contributed by atoms with van der Waals surface area (Å²) in [6, 6.07) is 0. The van der Waals surface area contributed by atoms with Gasteiger partial charge in [0, 0.05) is 14.1 Å². The minimum atomic E-state index is -0.574. The number of hydrogen-bond donors (Lipinski definition) is 1. The molecule has 1 saturated heterocycles. The third kappa shape index (κ3) is 2.46. The maximum absolute atomic E-state index is 12.1. The Morgan fingerprint density at radius 2 is 1.80 bits per heavy atom. The van der Waals surface area contributed by atoms with Crippen molar-refractivity contribution >= 4 is 5.71 Å². The van der Waals surface area contributed by atoms with Crippen LogP contribution in [0.4, 0.5) is 0 Å². The van der Waals surface area contributed by atoms with Crippen molar-refractivity contribution in [3.8, 4) is 5.88 Å². The molecule has 1 aliphatic heterocycles. The first-order chi connectivity index (χ1) is 9.43. The SMILES string of the molecule is CC(=NN1CCOCC1)c1c(O)n(C)c(=O)n(C)c1=O. The van der Waals surface area contributed by atoms with Gasteiger partial charge in [0.1, 0.15) is 5.56 Å². The van der Waals surface area contributed by atoms with Gasteiger partial charge in [-0.3, -0.25) is 18.9 Å². The van der Waals surface area contributed by atoms with Gasteiger partial charge in [0.2, 0.25) is 5.88 Å². The highest BCUT2D eigenvalue weighted by molar-refractivity contribution is 6.00. The molecule has 2 heterocycles. The molecule has 0 aromatic carbocycles. The number of hydrazone groups is 1. The topological polar surface area (TPSA) is 89.1 Å². The van der Waals surface area contributed by atoms with Crippen LogP contribution in [0, 0.1) is 0 Å². The van der Waals surface area contributed by atoms with Crippen molar-refractivity contribution in [1.82, 2.24) is 14.1 Å². The average molecular weight is 282 g/mol. The second-order valence-electron chi connectivity index (χ2n) is 4.66. The number of rotatable bonds is 2. The van der Waals surface area contributed by atoms with Gasteiger partial charge in [0.15, 0.2) is 0 Å². The molecule has 110 valence electrons. The van der Waals surface area contributed by atoms with Crippen molar-refractivity contribution in [2.24, 2.45) is 19.2 Å². The van der Waals surface area contributed by atoms with Gasteiger partial charge in [-0.2, -0.15) is 5.10 Å². The van der Waals surface area contributed by atoms with Crippen LogP contribution in [0.2, 0.25) is 0 Å². The summed E-state index contributed by atoms with van der Waals surface area (Å²) in [5, 5.41) is 16.1. The molecule has 0 aliphatic carbocycles. The average Bonchev–Trinajstić information content (AvgIpc) is 2.44. The number of aromatic nitrogens is 2. The molecule has 1 fully saturated rings. The highest BCUT2D eigenvalue weighted by atomic mass is 16.5. The molecule has 8 heteroatoms. The minimum absolute atomic E-state index is 0.0427. The first-order valence-corrected chi connectivity index (χ1v) is 6.30. The van der Waals surface area contributed by atoms with Crippen LogP contribution in [0.3, 0.4) is 0 Å². The Labute approximate surface area is 115 Å². The maximum atomic E-state index is 12.1. The van der Waals surface area contributed by atoms with Crippen molar-refractivity contribution in [3.63, 3.8) is 0 Å². The van der Waals surface area contributed by atoms with Crippen molar-refractivity contribution in [2.75, 3.05) is 26.3 Å². The van der Waals surface area contributed by atoms with Crippen molar-refractivity contribution in [3.05, 3.63) is 26.4 Å². The lowest BCUT2D eigenvalue weighted by Crippen LogP contribution is -2.40. The van der Waals surface area contributed by atoms with E-state index < -0.39 is 11.2 Å². The van der Waals surface area contributed by atoms with Crippen LogP contribution in [0.25, 0.3) is 0 Å². The van der Waals surface area contributed by atoms with E-state index in [1.54, 1.807) is 11.9 Å². The van der Waals surface area contributed by atoms with Gasteiger partial charge in [-0.05, 0) is 6.92 Å². The molecule has 1 N–H and O–H groups in total. The summed E-state index contributed by atoms with van der Waals surface area (Å²) in [6.07, 6.45) is 0. The highest BCUT2D eigenvalue weighted by Gasteiger charge is 2.18. The number of nitrogens with zero attached hydrogens (tertiary/aromatic N) is 4. The Kier molecular flexibility index (Phi) is 3.93. The van der Waals surface area contributed by atoms with E-state index in [4.69, 9.17) is 4.74 Å². The third-order valence-corrected chi connectivity index (χ3v) is 3.27. The summed E-state index contributed by atoms with van der Waals surface area (Å²) < 4.78 is 7.19.